The van der Waals surface area contributed by atoms with E-state index in [4.69, 9.17) is 11.6 Å². The summed E-state index contributed by atoms with van der Waals surface area (Å²) in [7, 11) is 0. The first-order valence-electron chi connectivity index (χ1n) is 7.36. The standard InChI is InChI=1S/C17H27ClFN/c1-12(2)8-13(11-20-17(3,4)5)9-14-10-15(19)6-7-16(14)18/h6-7,10,12-13,20H,8-9,11H2,1-5H3. The van der Waals surface area contributed by atoms with E-state index in [-0.39, 0.29) is 11.4 Å². The number of benzene rings is 1. The molecule has 20 heavy (non-hydrogen) atoms. The van der Waals surface area contributed by atoms with Crippen molar-refractivity contribution in [3.05, 3.63) is 34.6 Å². The van der Waals surface area contributed by atoms with E-state index in [1.165, 1.54) is 6.07 Å². The Kier molecular flexibility index (Phi) is 6.47. The molecular weight excluding hydrogens is 273 g/mol. The molecule has 1 rings (SSSR count). The molecular formula is C17H27ClFN. The fourth-order valence-electron chi connectivity index (χ4n) is 2.37. The summed E-state index contributed by atoms with van der Waals surface area (Å²) >= 11 is 6.18. The van der Waals surface area contributed by atoms with Crippen molar-refractivity contribution in [2.24, 2.45) is 11.8 Å². The van der Waals surface area contributed by atoms with Gasteiger partial charge in [0.1, 0.15) is 5.82 Å². The molecule has 0 spiro atoms. The molecule has 0 aromatic heterocycles. The molecule has 3 heteroatoms. The average Bonchev–Trinajstić information content (AvgIpc) is 2.29. The van der Waals surface area contributed by atoms with Crippen LogP contribution in [0.5, 0.6) is 0 Å². The summed E-state index contributed by atoms with van der Waals surface area (Å²) in [5, 5.41) is 4.21. The molecule has 0 fully saturated rings. The molecule has 1 N–H and O–H groups in total. The molecule has 0 saturated heterocycles. The van der Waals surface area contributed by atoms with Crippen molar-refractivity contribution in [1.82, 2.24) is 5.32 Å². The van der Waals surface area contributed by atoms with Gasteiger partial charge in [-0.25, -0.2) is 4.39 Å². The smallest absolute Gasteiger partial charge is 0.123 e. The molecule has 0 bridgehead atoms. The van der Waals surface area contributed by atoms with Gasteiger partial charge in [-0.1, -0.05) is 25.4 Å². The van der Waals surface area contributed by atoms with Gasteiger partial charge in [0.15, 0.2) is 0 Å². The summed E-state index contributed by atoms with van der Waals surface area (Å²) in [6.45, 7) is 11.8. The number of nitrogens with one attached hydrogen (secondary N) is 1. The highest BCUT2D eigenvalue weighted by atomic mass is 35.5. The van der Waals surface area contributed by atoms with Crippen LogP contribution in [0, 0.1) is 17.7 Å². The van der Waals surface area contributed by atoms with Crippen molar-refractivity contribution >= 4 is 11.6 Å². The highest BCUT2D eigenvalue weighted by molar-refractivity contribution is 6.31. The minimum absolute atomic E-state index is 0.0982. The lowest BCUT2D eigenvalue weighted by atomic mass is 9.90. The molecule has 1 nitrogen and oxygen atoms in total. The fraction of sp³-hybridized carbons (Fsp3) is 0.647. The van der Waals surface area contributed by atoms with E-state index in [1.54, 1.807) is 12.1 Å². The van der Waals surface area contributed by atoms with Gasteiger partial charge in [-0.05, 0) is 75.8 Å². The maximum Gasteiger partial charge on any atom is 0.123 e. The van der Waals surface area contributed by atoms with Crippen LogP contribution in [0.15, 0.2) is 18.2 Å². The first-order chi connectivity index (χ1) is 9.17. The van der Waals surface area contributed by atoms with Crippen LogP contribution in [0.3, 0.4) is 0 Å². The maximum absolute atomic E-state index is 13.4. The number of hydrogen-bond acceptors (Lipinski definition) is 1. The predicted octanol–water partition coefficient (Wildman–Crippen LogP) is 5.07. The predicted molar refractivity (Wildman–Crippen MR) is 85.8 cm³/mol. The lowest BCUT2D eigenvalue weighted by Crippen LogP contribution is -2.39. The van der Waals surface area contributed by atoms with Crippen LogP contribution in [-0.4, -0.2) is 12.1 Å². The molecule has 1 aromatic carbocycles. The van der Waals surface area contributed by atoms with Crippen molar-refractivity contribution in [1.29, 1.82) is 0 Å². The molecule has 1 unspecified atom stereocenters. The summed E-state index contributed by atoms with van der Waals surface area (Å²) in [6.07, 6.45) is 1.92. The molecule has 1 atom stereocenters. The van der Waals surface area contributed by atoms with E-state index in [1.807, 2.05) is 0 Å². The number of rotatable bonds is 6. The largest absolute Gasteiger partial charge is 0.312 e. The van der Waals surface area contributed by atoms with Crippen LogP contribution < -0.4 is 5.32 Å². The molecule has 0 aliphatic heterocycles. The Bertz CT molecular complexity index is 423. The van der Waals surface area contributed by atoms with Gasteiger partial charge >= 0.3 is 0 Å². The van der Waals surface area contributed by atoms with Gasteiger partial charge in [-0.3, -0.25) is 0 Å². The van der Waals surface area contributed by atoms with E-state index < -0.39 is 0 Å². The summed E-state index contributed by atoms with van der Waals surface area (Å²) in [4.78, 5) is 0. The molecule has 0 heterocycles. The van der Waals surface area contributed by atoms with Crippen molar-refractivity contribution in [3.8, 4) is 0 Å². The van der Waals surface area contributed by atoms with Crippen molar-refractivity contribution in [3.63, 3.8) is 0 Å². The van der Waals surface area contributed by atoms with Gasteiger partial charge in [0.2, 0.25) is 0 Å². The second-order valence-electron chi connectivity index (χ2n) is 7.07. The Morgan fingerprint density at radius 2 is 1.90 bits per heavy atom. The molecule has 0 aliphatic carbocycles. The van der Waals surface area contributed by atoms with E-state index in [2.05, 4.69) is 39.9 Å². The maximum atomic E-state index is 13.4. The summed E-state index contributed by atoms with van der Waals surface area (Å²) in [5.41, 5.74) is 1.01. The van der Waals surface area contributed by atoms with Crippen molar-refractivity contribution in [2.75, 3.05) is 6.54 Å². The van der Waals surface area contributed by atoms with Crippen LogP contribution in [0.4, 0.5) is 4.39 Å². The quantitative estimate of drug-likeness (QED) is 0.773. The van der Waals surface area contributed by atoms with Crippen LogP contribution >= 0.6 is 11.6 Å². The highest BCUT2D eigenvalue weighted by Gasteiger charge is 2.17. The van der Waals surface area contributed by atoms with Gasteiger partial charge in [0.25, 0.3) is 0 Å². The van der Waals surface area contributed by atoms with E-state index in [9.17, 15) is 4.39 Å². The first-order valence-corrected chi connectivity index (χ1v) is 7.74. The van der Waals surface area contributed by atoms with Crippen LogP contribution in [-0.2, 0) is 6.42 Å². The third-order valence-electron chi connectivity index (χ3n) is 3.24. The summed E-state index contributed by atoms with van der Waals surface area (Å²) in [6, 6.07) is 4.62. The van der Waals surface area contributed by atoms with Crippen LogP contribution in [0.1, 0.15) is 46.6 Å². The van der Waals surface area contributed by atoms with Crippen molar-refractivity contribution < 1.29 is 4.39 Å². The van der Waals surface area contributed by atoms with Gasteiger partial charge in [-0.2, -0.15) is 0 Å². The molecule has 0 aliphatic rings. The number of halogens is 2. The van der Waals surface area contributed by atoms with Gasteiger partial charge < -0.3 is 5.32 Å². The summed E-state index contributed by atoms with van der Waals surface area (Å²) in [5.74, 6) is 0.874. The molecule has 1 aromatic rings. The Morgan fingerprint density at radius 1 is 1.25 bits per heavy atom. The zero-order valence-corrected chi connectivity index (χ0v) is 14.0. The first kappa shape index (κ1) is 17.5. The van der Waals surface area contributed by atoms with E-state index in [0.29, 0.717) is 16.9 Å². The van der Waals surface area contributed by atoms with Crippen LogP contribution in [0.25, 0.3) is 0 Å². The minimum Gasteiger partial charge on any atom is -0.312 e. The average molecular weight is 300 g/mol. The summed E-state index contributed by atoms with van der Waals surface area (Å²) < 4.78 is 13.4. The lowest BCUT2D eigenvalue weighted by Gasteiger charge is -2.26. The normalized spacial score (nSPS) is 13.8. The zero-order valence-electron chi connectivity index (χ0n) is 13.3. The monoisotopic (exact) mass is 299 g/mol. The molecule has 0 amide bonds. The molecule has 114 valence electrons. The Hall–Kier alpha value is -0.600. The molecule has 0 radical (unpaired) electrons. The zero-order chi connectivity index (χ0) is 15.3. The van der Waals surface area contributed by atoms with Crippen LogP contribution in [0.2, 0.25) is 5.02 Å². The highest BCUT2D eigenvalue weighted by Crippen LogP contribution is 2.24. The van der Waals surface area contributed by atoms with Gasteiger partial charge in [0, 0.05) is 10.6 Å². The van der Waals surface area contributed by atoms with Gasteiger partial charge in [-0.15, -0.1) is 0 Å². The Labute approximate surface area is 127 Å². The topological polar surface area (TPSA) is 12.0 Å². The third kappa shape index (κ3) is 6.71. The number of hydrogen-bond donors (Lipinski definition) is 1. The second-order valence-corrected chi connectivity index (χ2v) is 7.47. The lowest BCUT2D eigenvalue weighted by molar-refractivity contribution is 0.331. The van der Waals surface area contributed by atoms with E-state index in [0.717, 1.165) is 24.9 Å². The fourth-order valence-corrected chi connectivity index (χ4v) is 2.56. The third-order valence-corrected chi connectivity index (χ3v) is 3.61. The van der Waals surface area contributed by atoms with Gasteiger partial charge in [0.05, 0.1) is 0 Å². The molecule has 0 saturated carbocycles. The van der Waals surface area contributed by atoms with E-state index >= 15 is 0 Å². The Balaban J connectivity index is 2.75. The van der Waals surface area contributed by atoms with Crippen molar-refractivity contribution in [2.45, 2.75) is 53.0 Å². The Morgan fingerprint density at radius 3 is 2.45 bits per heavy atom. The SMILES string of the molecule is CC(C)CC(CNC(C)(C)C)Cc1cc(F)ccc1Cl. The minimum atomic E-state index is -0.212. The second kappa shape index (κ2) is 7.42.